The van der Waals surface area contributed by atoms with Crippen molar-refractivity contribution in [1.82, 2.24) is 14.8 Å². The second-order valence-electron chi connectivity index (χ2n) is 7.24. The van der Waals surface area contributed by atoms with Gasteiger partial charge in [0, 0.05) is 49.1 Å². The molecule has 0 bridgehead atoms. The van der Waals surface area contributed by atoms with E-state index >= 15 is 0 Å². The molecule has 134 valence electrons. The summed E-state index contributed by atoms with van der Waals surface area (Å²) in [6, 6.07) is 4.31. The zero-order chi connectivity index (χ0) is 18.2. The molecule has 0 aliphatic heterocycles. The Morgan fingerprint density at radius 1 is 1.32 bits per heavy atom. The van der Waals surface area contributed by atoms with Crippen LogP contribution >= 0.6 is 27.5 Å². The summed E-state index contributed by atoms with van der Waals surface area (Å²) in [5.41, 5.74) is 2.39. The van der Waals surface area contributed by atoms with E-state index in [0.29, 0.717) is 21.9 Å². The van der Waals surface area contributed by atoms with Crippen LogP contribution in [0.4, 0.5) is 4.39 Å². The topological polar surface area (TPSA) is 42.8 Å². The number of benzene rings is 1. The number of aromatic amines is 1. The summed E-state index contributed by atoms with van der Waals surface area (Å²) in [7, 11) is -1.11. The lowest BCUT2D eigenvalue weighted by molar-refractivity contribution is 0.0786. The number of ether oxygens (including phenoxy) is 1. The SMILES string of the molecule is C[Si](C)(C)CCOCn1cc(-c2c[nH]c3cc(F)c(Br)cc23)c(Cl)n1. The first-order chi connectivity index (χ1) is 11.7. The number of fused-ring (bicyclic) bond motifs is 1. The number of aromatic nitrogens is 3. The van der Waals surface area contributed by atoms with Crippen LogP contribution in [0.5, 0.6) is 0 Å². The fraction of sp³-hybridized carbons (Fsp3) is 0.353. The molecule has 0 aliphatic carbocycles. The molecule has 0 atom stereocenters. The van der Waals surface area contributed by atoms with E-state index < -0.39 is 8.07 Å². The lowest BCUT2D eigenvalue weighted by Crippen LogP contribution is -2.22. The first-order valence-corrected chi connectivity index (χ1v) is 12.9. The lowest BCUT2D eigenvalue weighted by atomic mass is 10.1. The first-order valence-electron chi connectivity index (χ1n) is 8.02. The summed E-state index contributed by atoms with van der Waals surface area (Å²) in [5.74, 6) is -0.307. The van der Waals surface area contributed by atoms with E-state index in [4.69, 9.17) is 16.3 Å². The molecule has 4 nitrogen and oxygen atoms in total. The maximum absolute atomic E-state index is 13.7. The van der Waals surface area contributed by atoms with E-state index in [-0.39, 0.29) is 5.82 Å². The van der Waals surface area contributed by atoms with Gasteiger partial charge in [-0.05, 0) is 34.1 Å². The maximum Gasteiger partial charge on any atom is 0.159 e. The minimum Gasteiger partial charge on any atom is -0.360 e. The molecular formula is C17H20BrClFN3OSi. The third-order valence-corrected chi connectivity index (χ3v) is 6.54. The van der Waals surface area contributed by atoms with Gasteiger partial charge in [-0.2, -0.15) is 5.10 Å². The van der Waals surface area contributed by atoms with Gasteiger partial charge in [0.15, 0.2) is 5.15 Å². The normalized spacial score (nSPS) is 12.2. The van der Waals surface area contributed by atoms with Crippen LogP contribution in [0.25, 0.3) is 22.0 Å². The molecule has 0 saturated carbocycles. The monoisotopic (exact) mass is 443 g/mol. The van der Waals surface area contributed by atoms with Gasteiger partial charge < -0.3 is 9.72 Å². The third-order valence-electron chi connectivity index (χ3n) is 3.95. The van der Waals surface area contributed by atoms with Crippen molar-refractivity contribution in [3.63, 3.8) is 0 Å². The molecule has 8 heteroatoms. The van der Waals surface area contributed by atoms with Crippen molar-refractivity contribution < 1.29 is 9.13 Å². The number of nitrogens with one attached hydrogen (secondary N) is 1. The van der Waals surface area contributed by atoms with E-state index in [1.54, 1.807) is 10.7 Å². The molecule has 0 radical (unpaired) electrons. The molecule has 2 aromatic heterocycles. The van der Waals surface area contributed by atoms with Crippen molar-refractivity contribution in [2.75, 3.05) is 6.61 Å². The van der Waals surface area contributed by atoms with Crippen molar-refractivity contribution in [3.8, 4) is 11.1 Å². The van der Waals surface area contributed by atoms with E-state index in [1.165, 1.54) is 6.07 Å². The van der Waals surface area contributed by atoms with Gasteiger partial charge in [-0.15, -0.1) is 0 Å². The van der Waals surface area contributed by atoms with Crippen molar-refractivity contribution in [3.05, 3.63) is 40.0 Å². The molecule has 0 amide bonds. The Balaban J connectivity index is 1.80. The van der Waals surface area contributed by atoms with E-state index in [2.05, 4.69) is 45.7 Å². The van der Waals surface area contributed by atoms with Crippen molar-refractivity contribution >= 4 is 46.5 Å². The lowest BCUT2D eigenvalue weighted by Gasteiger charge is -2.15. The molecule has 0 spiro atoms. The molecule has 2 heterocycles. The predicted octanol–water partition coefficient (Wildman–Crippen LogP) is 5.90. The zero-order valence-electron chi connectivity index (χ0n) is 14.4. The Bertz CT molecular complexity index is 903. The Kier molecular flexibility index (Phi) is 5.39. The van der Waals surface area contributed by atoms with Crippen LogP contribution in [0, 0.1) is 5.82 Å². The number of rotatable bonds is 6. The second kappa shape index (κ2) is 7.23. The van der Waals surface area contributed by atoms with Gasteiger partial charge in [-0.25, -0.2) is 9.07 Å². The molecule has 3 rings (SSSR count). The van der Waals surface area contributed by atoms with Gasteiger partial charge in [0.05, 0.1) is 4.47 Å². The highest BCUT2D eigenvalue weighted by molar-refractivity contribution is 9.10. The highest BCUT2D eigenvalue weighted by atomic mass is 79.9. The summed E-state index contributed by atoms with van der Waals surface area (Å²) in [6.07, 6.45) is 3.67. The van der Waals surface area contributed by atoms with Crippen LogP contribution < -0.4 is 0 Å². The molecule has 0 fully saturated rings. The molecule has 1 aromatic carbocycles. The van der Waals surface area contributed by atoms with Gasteiger partial charge in [-0.3, -0.25) is 0 Å². The predicted molar refractivity (Wildman–Crippen MR) is 106 cm³/mol. The summed E-state index contributed by atoms with van der Waals surface area (Å²) < 4.78 is 21.5. The molecule has 0 unspecified atom stereocenters. The van der Waals surface area contributed by atoms with Crippen LogP contribution in [0.1, 0.15) is 0 Å². The third kappa shape index (κ3) is 4.34. The Hall–Kier alpha value is -1.15. The van der Waals surface area contributed by atoms with Gasteiger partial charge in [-0.1, -0.05) is 31.2 Å². The van der Waals surface area contributed by atoms with Crippen molar-refractivity contribution in [2.24, 2.45) is 0 Å². The number of H-pyrrole nitrogens is 1. The summed E-state index contributed by atoms with van der Waals surface area (Å²) in [4.78, 5) is 3.08. The Morgan fingerprint density at radius 3 is 2.80 bits per heavy atom. The Morgan fingerprint density at radius 2 is 2.08 bits per heavy atom. The smallest absolute Gasteiger partial charge is 0.159 e. The second-order valence-corrected chi connectivity index (χ2v) is 14.1. The number of hydrogen-bond acceptors (Lipinski definition) is 2. The fourth-order valence-electron chi connectivity index (χ4n) is 2.52. The minimum absolute atomic E-state index is 0.307. The summed E-state index contributed by atoms with van der Waals surface area (Å²) in [6.45, 7) is 8.04. The standard InChI is InChI=1S/C17H20BrClFN3OSi/c1-25(2,3)5-4-24-10-23-9-13(17(19)22-23)12-8-21-16-7-15(20)14(18)6-11(12)16/h6-9,21H,4-5,10H2,1-3H3. The summed E-state index contributed by atoms with van der Waals surface area (Å²) in [5, 5.41) is 5.60. The van der Waals surface area contributed by atoms with Crippen LogP contribution in [0.2, 0.25) is 30.8 Å². The fourth-order valence-corrected chi connectivity index (χ4v) is 3.87. The van der Waals surface area contributed by atoms with E-state index in [9.17, 15) is 4.39 Å². The van der Waals surface area contributed by atoms with Crippen LogP contribution in [0.15, 0.2) is 29.0 Å². The van der Waals surface area contributed by atoms with Gasteiger partial charge in [0.2, 0.25) is 0 Å². The zero-order valence-corrected chi connectivity index (χ0v) is 17.7. The van der Waals surface area contributed by atoms with Crippen molar-refractivity contribution in [1.29, 1.82) is 0 Å². The average molecular weight is 445 g/mol. The molecule has 0 aliphatic rings. The average Bonchev–Trinajstić information content (AvgIpc) is 3.06. The number of hydrogen-bond donors (Lipinski definition) is 1. The van der Waals surface area contributed by atoms with Crippen LogP contribution in [-0.2, 0) is 11.5 Å². The van der Waals surface area contributed by atoms with Crippen LogP contribution in [-0.4, -0.2) is 29.4 Å². The van der Waals surface area contributed by atoms with E-state index in [0.717, 1.165) is 29.2 Å². The highest BCUT2D eigenvalue weighted by Gasteiger charge is 2.16. The van der Waals surface area contributed by atoms with Gasteiger partial charge in [0.1, 0.15) is 12.5 Å². The van der Waals surface area contributed by atoms with Crippen molar-refractivity contribution in [2.45, 2.75) is 32.4 Å². The van der Waals surface area contributed by atoms with Crippen LogP contribution in [0.3, 0.4) is 0 Å². The molecule has 1 N–H and O–H groups in total. The van der Waals surface area contributed by atoms with Gasteiger partial charge >= 0.3 is 0 Å². The largest absolute Gasteiger partial charge is 0.360 e. The van der Waals surface area contributed by atoms with Gasteiger partial charge in [0.25, 0.3) is 0 Å². The molecule has 3 aromatic rings. The number of halogens is 3. The molecule has 0 saturated heterocycles. The number of nitrogens with zero attached hydrogens (tertiary/aromatic N) is 2. The minimum atomic E-state index is -1.11. The summed E-state index contributed by atoms with van der Waals surface area (Å²) >= 11 is 9.54. The Labute approximate surface area is 160 Å². The van der Waals surface area contributed by atoms with E-state index in [1.807, 2.05) is 12.4 Å². The first kappa shape index (κ1) is 18.6. The maximum atomic E-state index is 13.7. The highest BCUT2D eigenvalue weighted by Crippen LogP contribution is 2.35. The quantitative estimate of drug-likeness (QED) is 0.380. The molecule has 25 heavy (non-hydrogen) atoms. The molecular weight excluding hydrogens is 425 g/mol.